The summed E-state index contributed by atoms with van der Waals surface area (Å²) in [5.74, 6) is 2.18. The Kier molecular flexibility index (Phi) is 4.28. The molecule has 5 heteroatoms. The molecule has 0 amide bonds. The van der Waals surface area contributed by atoms with Crippen molar-refractivity contribution in [2.45, 2.75) is 6.92 Å². The van der Waals surface area contributed by atoms with E-state index < -0.39 is 0 Å². The summed E-state index contributed by atoms with van der Waals surface area (Å²) in [6, 6.07) is 14.0. The van der Waals surface area contributed by atoms with Crippen LogP contribution in [0.25, 0.3) is 10.9 Å². The number of aromatic nitrogens is 2. The fraction of sp³-hybridized carbons (Fsp3) is 0.222. The second-order valence-electron chi connectivity index (χ2n) is 5.00. The first-order valence-electron chi connectivity index (χ1n) is 7.47. The summed E-state index contributed by atoms with van der Waals surface area (Å²) in [7, 11) is 3.25. The van der Waals surface area contributed by atoms with E-state index in [2.05, 4.69) is 33.9 Å². The lowest BCUT2D eigenvalue weighted by Crippen LogP contribution is -2.17. The van der Waals surface area contributed by atoms with Gasteiger partial charge in [0.05, 0.1) is 19.7 Å². The van der Waals surface area contributed by atoms with Crippen molar-refractivity contribution < 1.29 is 9.47 Å². The lowest BCUT2D eigenvalue weighted by Gasteiger charge is -2.23. The number of para-hydroxylation sites is 1. The van der Waals surface area contributed by atoms with Crippen LogP contribution < -0.4 is 14.4 Å². The molecule has 118 valence electrons. The van der Waals surface area contributed by atoms with Gasteiger partial charge in [-0.25, -0.2) is 9.97 Å². The molecular weight excluding hydrogens is 290 g/mol. The topological polar surface area (TPSA) is 47.5 Å². The maximum absolute atomic E-state index is 5.42. The minimum absolute atomic E-state index is 0.660. The predicted octanol–water partition coefficient (Wildman–Crippen LogP) is 3.81. The molecule has 0 unspecified atom stereocenters. The molecule has 0 aliphatic carbocycles. The number of anilines is 2. The highest BCUT2D eigenvalue weighted by Crippen LogP contribution is 2.36. The number of methoxy groups -OCH3 is 2. The van der Waals surface area contributed by atoms with Crippen LogP contribution >= 0.6 is 0 Å². The van der Waals surface area contributed by atoms with Gasteiger partial charge in [-0.2, -0.15) is 0 Å². The number of nitrogens with zero attached hydrogens (tertiary/aromatic N) is 3. The van der Waals surface area contributed by atoms with E-state index in [-0.39, 0.29) is 0 Å². The molecule has 0 aliphatic rings. The van der Waals surface area contributed by atoms with Crippen LogP contribution in [-0.2, 0) is 0 Å². The number of benzene rings is 2. The van der Waals surface area contributed by atoms with Gasteiger partial charge in [-0.3, -0.25) is 0 Å². The van der Waals surface area contributed by atoms with Gasteiger partial charge in [0.25, 0.3) is 0 Å². The zero-order chi connectivity index (χ0) is 16.2. The molecule has 0 atom stereocenters. The highest BCUT2D eigenvalue weighted by molar-refractivity contribution is 5.93. The Morgan fingerprint density at radius 2 is 1.65 bits per heavy atom. The predicted molar refractivity (Wildman–Crippen MR) is 91.8 cm³/mol. The highest BCUT2D eigenvalue weighted by Gasteiger charge is 2.15. The number of rotatable bonds is 5. The third-order valence-corrected chi connectivity index (χ3v) is 3.76. The normalized spacial score (nSPS) is 10.6. The lowest BCUT2D eigenvalue weighted by molar-refractivity contribution is 0.356. The summed E-state index contributed by atoms with van der Waals surface area (Å²) in [5.41, 5.74) is 1.91. The quantitative estimate of drug-likeness (QED) is 0.717. The van der Waals surface area contributed by atoms with Crippen LogP contribution in [0, 0.1) is 0 Å². The van der Waals surface area contributed by atoms with E-state index in [9.17, 15) is 0 Å². The zero-order valence-corrected chi connectivity index (χ0v) is 13.5. The van der Waals surface area contributed by atoms with E-state index in [0.29, 0.717) is 11.5 Å². The third kappa shape index (κ3) is 2.77. The van der Waals surface area contributed by atoms with E-state index in [1.807, 2.05) is 30.3 Å². The zero-order valence-electron chi connectivity index (χ0n) is 13.5. The summed E-state index contributed by atoms with van der Waals surface area (Å²) in [6.07, 6.45) is 1.58. The highest BCUT2D eigenvalue weighted by atomic mass is 16.5. The molecule has 1 aromatic heterocycles. The van der Waals surface area contributed by atoms with E-state index in [0.717, 1.165) is 29.0 Å². The van der Waals surface area contributed by atoms with Gasteiger partial charge in [-0.05, 0) is 25.1 Å². The van der Waals surface area contributed by atoms with Crippen molar-refractivity contribution in [1.82, 2.24) is 9.97 Å². The Morgan fingerprint density at radius 3 is 2.30 bits per heavy atom. The maximum atomic E-state index is 5.42. The molecule has 0 spiro atoms. The van der Waals surface area contributed by atoms with Crippen molar-refractivity contribution in [3.63, 3.8) is 0 Å². The second kappa shape index (κ2) is 6.52. The Balaban J connectivity index is 2.20. The molecule has 0 fully saturated rings. The molecule has 0 N–H and O–H groups in total. The number of fused-ring (bicyclic) bond motifs is 1. The summed E-state index contributed by atoms with van der Waals surface area (Å²) < 4.78 is 10.8. The van der Waals surface area contributed by atoms with Crippen molar-refractivity contribution >= 4 is 22.4 Å². The number of ether oxygens (including phenoxy) is 2. The van der Waals surface area contributed by atoms with Crippen LogP contribution in [0.4, 0.5) is 11.5 Å². The van der Waals surface area contributed by atoms with E-state index in [4.69, 9.17) is 9.47 Å². The molecule has 0 saturated carbocycles. The molecule has 0 aliphatic heterocycles. The van der Waals surface area contributed by atoms with E-state index >= 15 is 0 Å². The van der Waals surface area contributed by atoms with Crippen LogP contribution in [0.1, 0.15) is 6.92 Å². The van der Waals surface area contributed by atoms with Crippen molar-refractivity contribution in [3.05, 3.63) is 48.8 Å². The van der Waals surface area contributed by atoms with Crippen molar-refractivity contribution in [2.24, 2.45) is 0 Å². The molecule has 23 heavy (non-hydrogen) atoms. The van der Waals surface area contributed by atoms with Crippen LogP contribution in [-0.4, -0.2) is 30.7 Å². The Labute approximate surface area is 135 Å². The van der Waals surface area contributed by atoms with E-state index in [1.165, 1.54) is 0 Å². The van der Waals surface area contributed by atoms with Crippen LogP contribution in [0.5, 0.6) is 11.5 Å². The second-order valence-corrected chi connectivity index (χ2v) is 5.00. The van der Waals surface area contributed by atoms with Crippen molar-refractivity contribution in [1.29, 1.82) is 0 Å². The van der Waals surface area contributed by atoms with Crippen LogP contribution in [0.15, 0.2) is 48.8 Å². The van der Waals surface area contributed by atoms with Crippen molar-refractivity contribution in [3.8, 4) is 11.5 Å². The number of hydrogen-bond donors (Lipinski definition) is 0. The molecule has 0 bridgehead atoms. The first-order chi connectivity index (χ1) is 11.3. The first kappa shape index (κ1) is 15.1. The average Bonchev–Trinajstić information content (AvgIpc) is 2.62. The SMILES string of the molecule is CCN(c1ccccc1)c1ncnc2cc(OC)c(OC)cc12. The van der Waals surface area contributed by atoms with Gasteiger partial charge in [-0.15, -0.1) is 0 Å². The molecule has 3 aromatic rings. The monoisotopic (exact) mass is 309 g/mol. The summed E-state index contributed by atoms with van der Waals surface area (Å²) in [6.45, 7) is 2.90. The van der Waals surface area contributed by atoms with Gasteiger partial charge in [0.15, 0.2) is 11.5 Å². The van der Waals surface area contributed by atoms with Crippen LogP contribution in [0.2, 0.25) is 0 Å². The molecule has 3 rings (SSSR count). The molecule has 2 aromatic carbocycles. The Bertz CT molecular complexity index is 806. The lowest BCUT2D eigenvalue weighted by atomic mass is 10.2. The molecule has 5 nitrogen and oxygen atoms in total. The van der Waals surface area contributed by atoms with Gasteiger partial charge < -0.3 is 14.4 Å². The Morgan fingerprint density at radius 1 is 0.957 bits per heavy atom. The summed E-state index contributed by atoms with van der Waals surface area (Å²) in [4.78, 5) is 11.0. The fourth-order valence-electron chi connectivity index (χ4n) is 2.65. The maximum Gasteiger partial charge on any atom is 0.162 e. The smallest absolute Gasteiger partial charge is 0.162 e. The van der Waals surface area contributed by atoms with Gasteiger partial charge >= 0.3 is 0 Å². The molecular formula is C18H19N3O2. The van der Waals surface area contributed by atoms with Gasteiger partial charge in [-0.1, -0.05) is 18.2 Å². The standard InChI is InChI=1S/C18H19N3O2/c1-4-21(13-8-6-5-7-9-13)18-14-10-16(22-2)17(23-3)11-15(14)19-12-20-18/h5-12H,4H2,1-3H3. The third-order valence-electron chi connectivity index (χ3n) is 3.76. The largest absolute Gasteiger partial charge is 0.493 e. The van der Waals surface area contributed by atoms with Gasteiger partial charge in [0.1, 0.15) is 12.1 Å². The van der Waals surface area contributed by atoms with Gasteiger partial charge in [0, 0.05) is 23.7 Å². The molecule has 1 heterocycles. The summed E-state index contributed by atoms with van der Waals surface area (Å²) >= 11 is 0. The average molecular weight is 309 g/mol. The van der Waals surface area contributed by atoms with Crippen molar-refractivity contribution in [2.75, 3.05) is 25.7 Å². The minimum atomic E-state index is 0.660. The summed E-state index contributed by atoms with van der Waals surface area (Å²) in [5, 5.41) is 0.927. The minimum Gasteiger partial charge on any atom is -0.493 e. The molecule has 0 saturated heterocycles. The molecule has 0 radical (unpaired) electrons. The van der Waals surface area contributed by atoms with E-state index in [1.54, 1.807) is 20.5 Å². The Hall–Kier alpha value is -2.82. The van der Waals surface area contributed by atoms with Gasteiger partial charge in [0.2, 0.25) is 0 Å². The first-order valence-corrected chi connectivity index (χ1v) is 7.47. The fourth-order valence-corrected chi connectivity index (χ4v) is 2.65. The number of hydrogen-bond acceptors (Lipinski definition) is 5. The van der Waals surface area contributed by atoms with Crippen LogP contribution in [0.3, 0.4) is 0 Å².